The molecule has 0 saturated carbocycles. The maximum absolute atomic E-state index is 3.86. The Hall–Kier alpha value is -0.600. The minimum absolute atomic E-state index is 1.06. The third-order valence-electron chi connectivity index (χ3n) is 1.90. The van der Waals surface area contributed by atoms with Gasteiger partial charge in [0, 0.05) is 0 Å². The molecule has 0 spiro atoms. The number of thiophene rings is 1. The van der Waals surface area contributed by atoms with E-state index in [0.29, 0.717) is 0 Å². The van der Waals surface area contributed by atoms with Crippen LogP contribution in [0.1, 0.15) is 18.9 Å². The van der Waals surface area contributed by atoms with Crippen molar-refractivity contribution < 1.29 is 0 Å². The van der Waals surface area contributed by atoms with Crippen molar-refractivity contribution in [3.05, 3.63) is 34.5 Å². The smallest absolute Gasteiger partial charge is 0.000793 e. The van der Waals surface area contributed by atoms with Gasteiger partial charge < -0.3 is 5.32 Å². The average molecular weight is 195 g/mol. The Morgan fingerprint density at radius 1 is 1.54 bits per heavy atom. The van der Waals surface area contributed by atoms with Crippen molar-refractivity contribution in [2.24, 2.45) is 0 Å². The van der Waals surface area contributed by atoms with E-state index in [1.54, 1.807) is 11.3 Å². The minimum atomic E-state index is 1.06. The summed E-state index contributed by atoms with van der Waals surface area (Å²) < 4.78 is 0. The highest BCUT2D eigenvalue weighted by atomic mass is 32.1. The molecule has 0 saturated heterocycles. The quantitative estimate of drug-likeness (QED) is 0.543. The van der Waals surface area contributed by atoms with Crippen LogP contribution in [0.15, 0.2) is 29.0 Å². The van der Waals surface area contributed by atoms with E-state index in [9.17, 15) is 0 Å². The number of hydrogen-bond donors (Lipinski definition) is 1. The molecule has 0 unspecified atom stereocenters. The van der Waals surface area contributed by atoms with Crippen LogP contribution in [-0.4, -0.2) is 13.1 Å². The fourth-order valence-electron chi connectivity index (χ4n) is 1.09. The molecule has 1 nitrogen and oxygen atoms in total. The normalized spacial score (nSPS) is 10.2. The Morgan fingerprint density at radius 3 is 3.00 bits per heavy atom. The minimum Gasteiger partial charge on any atom is -0.316 e. The molecule has 1 aromatic heterocycles. The van der Waals surface area contributed by atoms with E-state index >= 15 is 0 Å². The third-order valence-corrected chi connectivity index (χ3v) is 2.63. The molecule has 0 aliphatic carbocycles. The zero-order valence-corrected chi connectivity index (χ0v) is 8.99. The Kier molecular flexibility index (Phi) is 4.79. The van der Waals surface area contributed by atoms with Crippen LogP contribution in [-0.2, 0) is 6.42 Å². The standard InChI is InChI=1S/C11H17NS/c1-10(2)3-6-12-7-4-11-5-8-13-9-11/h5,8-9,12H,1,3-4,6-7H2,2H3. The molecule has 0 atom stereocenters. The highest BCUT2D eigenvalue weighted by molar-refractivity contribution is 7.07. The van der Waals surface area contributed by atoms with Gasteiger partial charge in [-0.3, -0.25) is 0 Å². The molecule has 72 valence electrons. The van der Waals surface area contributed by atoms with Gasteiger partial charge in [0.2, 0.25) is 0 Å². The first-order valence-corrected chi connectivity index (χ1v) is 5.59. The van der Waals surface area contributed by atoms with Gasteiger partial charge in [0.25, 0.3) is 0 Å². The lowest BCUT2D eigenvalue weighted by molar-refractivity contribution is 0.680. The lowest BCUT2D eigenvalue weighted by atomic mass is 10.2. The van der Waals surface area contributed by atoms with Gasteiger partial charge in [-0.2, -0.15) is 11.3 Å². The number of nitrogens with one attached hydrogen (secondary N) is 1. The van der Waals surface area contributed by atoms with Crippen LogP contribution >= 0.6 is 11.3 Å². The van der Waals surface area contributed by atoms with Gasteiger partial charge >= 0.3 is 0 Å². The van der Waals surface area contributed by atoms with Gasteiger partial charge in [-0.1, -0.05) is 5.57 Å². The van der Waals surface area contributed by atoms with Crippen molar-refractivity contribution >= 4 is 11.3 Å². The molecule has 13 heavy (non-hydrogen) atoms. The molecule has 1 N–H and O–H groups in total. The fraction of sp³-hybridized carbons (Fsp3) is 0.455. The summed E-state index contributed by atoms with van der Waals surface area (Å²) >= 11 is 1.77. The number of rotatable bonds is 6. The SMILES string of the molecule is C=C(C)CCNCCc1ccsc1. The van der Waals surface area contributed by atoms with Gasteiger partial charge in [0.05, 0.1) is 0 Å². The Labute approximate surface area is 84.5 Å². The van der Waals surface area contributed by atoms with Crippen LogP contribution in [0.25, 0.3) is 0 Å². The molecule has 1 aromatic rings. The van der Waals surface area contributed by atoms with E-state index < -0.39 is 0 Å². The molecular weight excluding hydrogens is 178 g/mol. The Bertz CT molecular complexity index is 239. The van der Waals surface area contributed by atoms with Gasteiger partial charge in [-0.25, -0.2) is 0 Å². The highest BCUT2D eigenvalue weighted by Gasteiger charge is 1.92. The molecule has 1 heterocycles. The Morgan fingerprint density at radius 2 is 2.38 bits per heavy atom. The Balaban J connectivity index is 1.99. The van der Waals surface area contributed by atoms with E-state index in [1.165, 1.54) is 11.1 Å². The maximum Gasteiger partial charge on any atom is -0.000793 e. The molecule has 0 aliphatic rings. The number of hydrogen-bond acceptors (Lipinski definition) is 2. The van der Waals surface area contributed by atoms with E-state index in [2.05, 4.69) is 35.6 Å². The van der Waals surface area contributed by atoms with Crippen LogP contribution in [0.2, 0.25) is 0 Å². The van der Waals surface area contributed by atoms with Gasteiger partial charge in [-0.05, 0) is 55.2 Å². The summed E-state index contributed by atoms with van der Waals surface area (Å²) in [6.07, 6.45) is 2.23. The summed E-state index contributed by atoms with van der Waals surface area (Å²) in [5.41, 5.74) is 2.69. The predicted molar refractivity (Wildman–Crippen MR) is 60.3 cm³/mol. The summed E-state index contributed by atoms with van der Waals surface area (Å²) in [6, 6.07) is 2.19. The summed E-state index contributed by atoms with van der Waals surface area (Å²) in [6.45, 7) is 8.06. The van der Waals surface area contributed by atoms with Crippen LogP contribution in [0.4, 0.5) is 0 Å². The predicted octanol–water partition coefficient (Wildman–Crippen LogP) is 2.85. The van der Waals surface area contributed by atoms with E-state index in [1.807, 2.05) is 0 Å². The molecular formula is C11H17NS. The molecule has 0 amide bonds. The first-order valence-electron chi connectivity index (χ1n) is 4.65. The second kappa shape index (κ2) is 5.95. The summed E-state index contributed by atoms with van der Waals surface area (Å²) in [7, 11) is 0. The van der Waals surface area contributed by atoms with Crippen LogP contribution in [0, 0.1) is 0 Å². The van der Waals surface area contributed by atoms with Crippen molar-refractivity contribution in [3.63, 3.8) is 0 Å². The maximum atomic E-state index is 3.86. The first-order chi connectivity index (χ1) is 6.29. The summed E-state index contributed by atoms with van der Waals surface area (Å²) in [5, 5.41) is 7.74. The zero-order chi connectivity index (χ0) is 9.52. The van der Waals surface area contributed by atoms with E-state index in [-0.39, 0.29) is 0 Å². The van der Waals surface area contributed by atoms with E-state index in [4.69, 9.17) is 0 Å². The van der Waals surface area contributed by atoms with Crippen LogP contribution in [0.3, 0.4) is 0 Å². The molecule has 0 radical (unpaired) electrons. The van der Waals surface area contributed by atoms with Crippen LogP contribution in [0.5, 0.6) is 0 Å². The van der Waals surface area contributed by atoms with Gasteiger partial charge in [0.1, 0.15) is 0 Å². The molecule has 0 fully saturated rings. The van der Waals surface area contributed by atoms with Crippen molar-refractivity contribution in [2.45, 2.75) is 19.8 Å². The largest absolute Gasteiger partial charge is 0.316 e. The fourth-order valence-corrected chi connectivity index (χ4v) is 1.80. The van der Waals surface area contributed by atoms with E-state index in [0.717, 1.165) is 25.9 Å². The molecule has 2 heteroatoms. The molecule has 0 bridgehead atoms. The van der Waals surface area contributed by atoms with Crippen LogP contribution < -0.4 is 5.32 Å². The summed E-state index contributed by atoms with van der Waals surface area (Å²) in [5.74, 6) is 0. The molecule has 0 aromatic carbocycles. The van der Waals surface area contributed by atoms with Crippen molar-refractivity contribution in [1.82, 2.24) is 5.32 Å². The monoisotopic (exact) mass is 195 g/mol. The van der Waals surface area contributed by atoms with Crippen molar-refractivity contribution in [2.75, 3.05) is 13.1 Å². The van der Waals surface area contributed by atoms with Gasteiger partial charge in [0.15, 0.2) is 0 Å². The third kappa shape index (κ3) is 4.86. The van der Waals surface area contributed by atoms with Gasteiger partial charge in [-0.15, -0.1) is 6.58 Å². The highest BCUT2D eigenvalue weighted by Crippen LogP contribution is 2.05. The zero-order valence-electron chi connectivity index (χ0n) is 8.18. The lowest BCUT2D eigenvalue weighted by Gasteiger charge is -2.02. The molecule has 0 aliphatic heterocycles. The van der Waals surface area contributed by atoms with Crippen molar-refractivity contribution in [3.8, 4) is 0 Å². The lowest BCUT2D eigenvalue weighted by Crippen LogP contribution is -2.18. The second-order valence-electron chi connectivity index (χ2n) is 3.34. The topological polar surface area (TPSA) is 12.0 Å². The summed E-state index contributed by atoms with van der Waals surface area (Å²) in [4.78, 5) is 0. The molecule has 1 rings (SSSR count). The second-order valence-corrected chi connectivity index (χ2v) is 4.12. The first kappa shape index (κ1) is 10.5. The van der Waals surface area contributed by atoms with Crippen molar-refractivity contribution in [1.29, 1.82) is 0 Å². The average Bonchev–Trinajstić information content (AvgIpc) is 2.55.